The van der Waals surface area contributed by atoms with Crippen molar-refractivity contribution < 1.29 is 14.6 Å². The maximum absolute atomic E-state index is 11.2. The van der Waals surface area contributed by atoms with Crippen molar-refractivity contribution in [1.29, 1.82) is 0 Å². The molecule has 1 aromatic carbocycles. The lowest BCUT2D eigenvalue weighted by Crippen LogP contribution is -2.20. The second kappa shape index (κ2) is 9.46. The smallest absolute Gasteiger partial charge is 0.159 e. The molecule has 0 saturated carbocycles. The highest BCUT2D eigenvalue weighted by Gasteiger charge is 2.07. The van der Waals surface area contributed by atoms with E-state index >= 15 is 0 Å². The van der Waals surface area contributed by atoms with Gasteiger partial charge in [0.2, 0.25) is 0 Å². The van der Waals surface area contributed by atoms with Crippen LogP contribution in [-0.2, 0) is 0 Å². The highest BCUT2D eigenvalue weighted by molar-refractivity contribution is 7.99. The van der Waals surface area contributed by atoms with Crippen LogP contribution in [0, 0.1) is 0 Å². The number of halogens is 1. The van der Waals surface area contributed by atoms with E-state index in [4.69, 9.17) is 4.74 Å². The average Bonchev–Trinajstić information content (AvgIpc) is 2.52. The number of ketones is 1. The molecule has 6 heteroatoms. The van der Waals surface area contributed by atoms with Crippen LogP contribution in [0.15, 0.2) is 53.7 Å². The second-order valence-corrected chi connectivity index (χ2v) is 5.56. The zero-order valence-electron chi connectivity index (χ0n) is 12.1. The molecule has 2 rings (SSSR count). The monoisotopic (exact) mass is 339 g/mol. The maximum atomic E-state index is 11.2. The second-order valence-electron chi connectivity index (χ2n) is 4.52. The van der Waals surface area contributed by atoms with Gasteiger partial charge >= 0.3 is 0 Å². The van der Waals surface area contributed by atoms with Gasteiger partial charge in [-0.1, -0.05) is 6.07 Å². The summed E-state index contributed by atoms with van der Waals surface area (Å²) in [6.07, 6.45) is 1.14. The number of pyridine rings is 1. The van der Waals surface area contributed by atoms with Crippen LogP contribution in [0.25, 0.3) is 0 Å². The van der Waals surface area contributed by atoms with Gasteiger partial charge in [-0.3, -0.25) is 4.79 Å². The van der Waals surface area contributed by atoms with E-state index in [0.29, 0.717) is 17.1 Å². The van der Waals surface area contributed by atoms with Crippen molar-refractivity contribution in [3.05, 3.63) is 54.2 Å². The fraction of sp³-hybridized carbons (Fsp3) is 0.250. The first-order valence-corrected chi connectivity index (χ1v) is 7.59. The van der Waals surface area contributed by atoms with Gasteiger partial charge in [0.25, 0.3) is 0 Å². The Balaban J connectivity index is 0.00000242. The summed E-state index contributed by atoms with van der Waals surface area (Å²) in [6, 6.07) is 12.6. The Morgan fingerprint density at radius 3 is 2.59 bits per heavy atom. The number of carbonyl (C=O) groups is 1. The molecular formula is C16H18ClNO3S. The molecular weight excluding hydrogens is 322 g/mol. The van der Waals surface area contributed by atoms with Crippen molar-refractivity contribution in [3.63, 3.8) is 0 Å². The Morgan fingerprint density at radius 2 is 2.00 bits per heavy atom. The first kappa shape index (κ1) is 18.5. The van der Waals surface area contributed by atoms with Crippen LogP contribution in [0.3, 0.4) is 0 Å². The summed E-state index contributed by atoms with van der Waals surface area (Å²) in [6.45, 7) is 1.73. The average molecular weight is 340 g/mol. The number of hydrogen-bond acceptors (Lipinski definition) is 5. The van der Waals surface area contributed by atoms with Crippen molar-refractivity contribution in [2.45, 2.75) is 18.1 Å². The van der Waals surface area contributed by atoms with Crippen LogP contribution in [0.4, 0.5) is 0 Å². The van der Waals surface area contributed by atoms with E-state index in [1.165, 1.54) is 18.7 Å². The van der Waals surface area contributed by atoms with Gasteiger partial charge in [-0.2, -0.15) is 0 Å². The lowest BCUT2D eigenvalue weighted by Gasteiger charge is -2.12. The molecule has 1 N–H and O–H groups in total. The van der Waals surface area contributed by atoms with Crippen LogP contribution in [0.5, 0.6) is 5.75 Å². The van der Waals surface area contributed by atoms with E-state index in [0.717, 1.165) is 5.03 Å². The lowest BCUT2D eigenvalue weighted by molar-refractivity contribution is 0.101. The Hall–Kier alpha value is -1.56. The highest BCUT2D eigenvalue weighted by Crippen LogP contribution is 2.17. The maximum Gasteiger partial charge on any atom is 0.159 e. The van der Waals surface area contributed by atoms with Gasteiger partial charge in [0.05, 0.1) is 11.1 Å². The Labute approximate surface area is 140 Å². The standard InChI is InChI=1S/C16H17NO3S.ClH/c1-12(18)13-5-7-15(8-6-13)20-10-14(19)11-21-16-4-2-3-9-17-16;/h2-9,14,19H,10-11H2,1H3;1H. The van der Waals surface area contributed by atoms with Gasteiger partial charge in [-0.05, 0) is 43.3 Å². The predicted octanol–water partition coefficient (Wildman–Crippen LogP) is 3.24. The fourth-order valence-corrected chi connectivity index (χ4v) is 2.41. The molecule has 4 nitrogen and oxygen atoms in total. The first-order valence-electron chi connectivity index (χ1n) is 6.61. The topological polar surface area (TPSA) is 59.4 Å². The molecule has 0 amide bonds. The van der Waals surface area contributed by atoms with Crippen molar-refractivity contribution in [2.75, 3.05) is 12.4 Å². The number of Topliss-reactive ketones (excluding diaryl/α,β-unsaturated/α-hetero) is 1. The van der Waals surface area contributed by atoms with E-state index in [2.05, 4.69) is 4.98 Å². The Bertz CT molecular complexity index is 578. The number of aromatic nitrogens is 1. The number of thioether (sulfide) groups is 1. The zero-order chi connectivity index (χ0) is 15.1. The Morgan fingerprint density at radius 1 is 1.27 bits per heavy atom. The third-order valence-corrected chi connectivity index (χ3v) is 3.85. The fourth-order valence-electron chi connectivity index (χ4n) is 1.64. The van der Waals surface area contributed by atoms with Crippen molar-refractivity contribution in [2.24, 2.45) is 0 Å². The van der Waals surface area contributed by atoms with Gasteiger partial charge in [0.1, 0.15) is 12.4 Å². The minimum absolute atomic E-state index is 0. The summed E-state index contributed by atoms with van der Waals surface area (Å²) in [4.78, 5) is 15.3. The van der Waals surface area contributed by atoms with Crippen LogP contribution >= 0.6 is 24.2 Å². The molecule has 0 bridgehead atoms. The molecule has 22 heavy (non-hydrogen) atoms. The van der Waals surface area contributed by atoms with Crippen molar-refractivity contribution >= 4 is 30.0 Å². The number of nitrogens with zero attached hydrogens (tertiary/aromatic N) is 1. The number of carbonyl (C=O) groups excluding carboxylic acids is 1. The molecule has 0 fully saturated rings. The number of ether oxygens (including phenoxy) is 1. The molecule has 118 valence electrons. The molecule has 1 heterocycles. The summed E-state index contributed by atoms with van der Waals surface area (Å²) < 4.78 is 5.50. The highest BCUT2D eigenvalue weighted by atomic mass is 35.5. The number of benzene rings is 1. The molecule has 0 aliphatic carbocycles. The molecule has 0 saturated heterocycles. The molecule has 0 radical (unpaired) electrons. The number of rotatable bonds is 7. The third kappa shape index (κ3) is 6.05. The molecule has 0 aliphatic heterocycles. The summed E-state index contributed by atoms with van der Waals surface area (Å²) in [5.41, 5.74) is 0.647. The molecule has 1 unspecified atom stereocenters. The van der Waals surface area contributed by atoms with Gasteiger partial charge in [0, 0.05) is 17.5 Å². The van der Waals surface area contributed by atoms with Crippen LogP contribution in [-0.4, -0.2) is 34.3 Å². The quantitative estimate of drug-likeness (QED) is 0.620. The predicted molar refractivity (Wildman–Crippen MR) is 90.2 cm³/mol. The normalized spacial score (nSPS) is 11.4. The van der Waals surface area contributed by atoms with Gasteiger partial charge in [-0.15, -0.1) is 24.2 Å². The van der Waals surface area contributed by atoms with Crippen molar-refractivity contribution in [3.8, 4) is 5.75 Å². The van der Waals surface area contributed by atoms with Gasteiger partial charge in [-0.25, -0.2) is 4.98 Å². The minimum Gasteiger partial charge on any atom is -0.491 e. The van der Waals surface area contributed by atoms with E-state index < -0.39 is 6.10 Å². The van der Waals surface area contributed by atoms with E-state index in [9.17, 15) is 9.90 Å². The van der Waals surface area contributed by atoms with Crippen LogP contribution < -0.4 is 4.74 Å². The SMILES string of the molecule is CC(=O)c1ccc(OCC(O)CSc2ccccn2)cc1.Cl. The first-order chi connectivity index (χ1) is 10.1. The lowest BCUT2D eigenvalue weighted by atomic mass is 10.1. The van der Waals surface area contributed by atoms with Gasteiger partial charge in [0.15, 0.2) is 5.78 Å². The Kier molecular flexibility index (Phi) is 7.95. The number of aliphatic hydroxyl groups is 1. The summed E-state index contributed by atoms with van der Waals surface area (Å²) in [7, 11) is 0. The number of hydrogen-bond donors (Lipinski definition) is 1. The summed E-state index contributed by atoms with van der Waals surface area (Å²) in [5.74, 6) is 1.18. The molecule has 1 aromatic heterocycles. The largest absolute Gasteiger partial charge is 0.491 e. The zero-order valence-corrected chi connectivity index (χ0v) is 13.8. The van der Waals surface area contributed by atoms with Crippen molar-refractivity contribution in [1.82, 2.24) is 4.98 Å². The third-order valence-electron chi connectivity index (χ3n) is 2.76. The summed E-state index contributed by atoms with van der Waals surface area (Å²) in [5, 5.41) is 10.8. The number of aliphatic hydroxyl groups excluding tert-OH is 1. The van der Waals surface area contributed by atoms with Crippen LogP contribution in [0.1, 0.15) is 17.3 Å². The molecule has 1 atom stereocenters. The van der Waals surface area contributed by atoms with E-state index in [1.807, 2.05) is 18.2 Å². The van der Waals surface area contributed by atoms with E-state index in [1.54, 1.807) is 30.5 Å². The molecule has 0 spiro atoms. The van der Waals surface area contributed by atoms with E-state index in [-0.39, 0.29) is 24.8 Å². The molecule has 0 aliphatic rings. The van der Waals surface area contributed by atoms with Crippen LogP contribution in [0.2, 0.25) is 0 Å². The molecule has 2 aromatic rings. The summed E-state index contributed by atoms with van der Waals surface area (Å²) >= 11 is 1.48. The minimum atomic E-state index is -0.579. The van der Waals surface area contributed by atoms with Gasteiger partial charge < -0.3 is 9.84 Å².